The minimum absolute atomic E-state index is 0.0149. The molecule has 0 radical (unpaired) electrons. The number of aliphatic hydroxyl groups is 2. The maximum atomic E-state index is 12.2. The molecule has 1 aromatic heterocycles. The third-order valence-corrected chi connectivity index (χ3v) is 5.28. The lowest BCUT2D eigenvalue weighted by Crippen LogP contribution is -2.33. The number of nitrogens with zero attached hydrogens (tertiary/aromatic N) is 3. The Morgan fingerprint density at radius 2 is 1.97 bits per heavy atom. The van der Waals surface area contributed by atoms with Crippen LogP contribution in [0.2, 0.25) is 0 Å². The van der Waals surface area contributed by atoms with Gasteiger partial charge in [-0.3, -0.25) is 34.6 Å². The van der Waals surface area contributed by atoms with Gasteiger partial charge < -0.3 is 14.9 Å². The highest BCUT2D eigenvalue weighted by Gasteiger charge is 2.35. The highest BCUT2D eigenvalue weighted by Crippen LogP contribution is 2.36. The molecule has 29 heavy (non-hydrogen) atoms. The SMILES string of the molecule is O=c1[nH]c(=O)n([C@@H]2CC(O)[C@H](CO)O2)cc1Sc1ccc([N+](=O)[O-])cc1[N+](=O)[O-]. The van der Waals surface area contributed by atoms with E-state index >= 15 is 0 Å². The highest BCUT2D eigenvalue weighted by atomic mass is 32.2. The first-order valence-electron chi connectivity index (χ1n) is 8.11. The van der Waals surface area contributed by atoms with Gasteiger partial charge in [0.2, 0.25) is 0 Å². The van der Waals surface area contributed by atoms with E-state index in [9.17, 15) is 34.9 Å². The van der Waals surface area contributed by atoms with Gasteiger partial charge in [0.05, 0.1) is 38.4 Å². The van der Waals surface area contributed by atoms with Gasteiger partial charge in [0.1, 0.15) is 12.3 Å². The summed E-state index contributed by atoms with van der Waals surface area (Å²) in [5.74, 6) is 0. The quantitative estimate of drug-likeness (QED) is 0.423. The van der Waals surface area contributed by atoms with Crippen LogP contribution >= 0.6 is 11.8 Å². The van der Waals surface area contributed by atoms with Crippen LogP contribution in [0.5, 0.6) is 0 Å². The number of hydrogen-bond acceptors (Lipinski definition) is 10. The number of nitro groups is 2. The molecule has 2 heterocycles. The minimum Gasteiger partial charge on any atom is -0.394 e. The van der Waals surface area contributed by atoms with Crippen LogP contribution in [0.4, 0.5) is 11.4 Å². The molecular weight excluding hydrogens is 412 g/mol. The molecule has 0 spiro atoms. The van der Waals surface area contributed by atoms with Gasteiger partial charge >= 0.3 is 5.69 Å². The summed E-state index contributed by atoms with van der Waals surface area (Å²) in [6.45, 7) is -0.466. The Morgan fingerprint density at radius 1 is 1.24 bits per heavy atom. The maximum absolute atomic E-state index is 12.2. The van der Waals surface area contributed by atoms with Gasteiger partial charge in [-0.2, -0.15) is 0 Å². The summed E-state index contributed by atoms with van der Waals surface area (Å²) in [6.07, 6.45) is -1.77. The van der Waals surface area contributed by atoms with E-state index in [2.05, 4.69) is 4.98 Å². The third kappa shape index (κ3) is 4.19. The fourth-order valence-electron chi connectivity index (χ4n) is 2.77. The van der Waals surface area contributed by atoms with Crippen molar-refractivity contribution >= 4 is 23.1 Å². The highest BCUT2D eigenvalue weighted by molar-refractivity contribution is 7.99. The average Bonchev–Trinajstić information content (AvgIpc) is 3.04. The monoisotopic (exact) mass is 426 g/mol. The van der Waals surface area contributed by atoms with E-state index in [1.807, 2.05) is 0 Å². The molecule has 1 unspecified atom stereocenters. The first kappa shape index (κ1) is 20.7. The smallest absolute Gasteiger partial charge is 0.330 e. The van der Waals surface area contributed by atoms with Crippen molar-refractivity contribution in [3.8, 4) is 0 Å². The zero-order valence-electron chi connectivity index (χ0n) is 14.5. The Morgan fingerprint density at radius 3 is 2.55 bits per heavy atom. The van der Waals surface area contributed by atoms with Crippen molar-refractivity contribution in [1.29, 1.82) is 0 Å². The Hall–Kier alpha value is -3.07. The van der Waals surface area contributed by atoms with Crippen LogP contribution in [0.15, 0.2) is 43.8 Å². The van der Waals surface area contributed by atoms with Gasteiger partial charge in [0, 0.05) is 18.7 Å². The number of ether oxygens (including phenoxy) is 1. The van der Waals surface area contributed by atoms with Crippen LogP contribution < -0.4 is 11.2 Å². The van der Waals surface area contributed by atoms with Crippen LogP contribution in [0.25, 0.3) is 0 Å². The fourth-order valence-corrected chi connectivity index (χ4v) is 3.69. The number of H-pyrrole nitrogens is 1. The number of rotatable bonds is 6. The minimum atomic E-state index is -1.02. The van der Waals surface area contributed by atoms with E-state index in [1.165, 1.54) is 0 Å². The number of nitrogens with one attached hydrogen (secondary N) is 1. The third-order valence-electron chi connectivity index (χ3n) is 4.20. The Kier molecular flexibility index (Phi) is 5.78. The topological polar surface area (TPSA) is 191 Å². The van der Waals surface area contributed by atoms with E-state index in [0.29, 0.717) is 11.8 Å². The second-order valence-corrected chi connectivity index (χ2v) is 7.13. The Labute approximate surface area is 164 Å². The average molecular weight is 426 g/mol. The van der Waals surface area contributed by atoms with Gasteiger partial charge in [0.25, 0.3) is 16.9 Å². The summed E-state index contributed by atoms with van der Waals surface area (Å²) in [6, 6.07) is 2.96. The van der Waals surface area contributed by atoms with Crippen molar-refractivity contribution in [3.05, 3.63) is 65.5 Å². The van der Waals surface area contributed by atoms with Gasteiger partial charge in [-0.25, -0.2) is 4.79 Å². The van der Waals surface area contributed by atoms with Crippen LogP contribution in [0, 0.1) is 20.2 Å². The van der Waals surface area contributed by atoms with E-state index in [0.717, 1.165) is 29.0 Å². The summed E-state index contributed by atoms with van der Waals surface area (Å²) >= 11 is 0.643. The molecule has 0 saturated carbocycles. The Balaban J connectivity index is 1.99. The number of aromatic nitrogens is 2. The number of benzene rings is 1. The molecule has 3 N–H and O–H groups in total. The molecule has 1 aliphatic heterocycles. The van der Waals surface area contributed by atoms with Gasteiger partial charge in [-0.15, -0.1) is 0 Å². The first-order valence-corrected chi connectivity index (χ1v) is 8.93. The van der Waals surface area contributed by atoms with Gasteiger partial charge in [0.15, 0.2) is 0 Å². The predicted molar refractivity (Wildman–Crippen MR) is 96.8 cm³/mol. The molecule has 1 aromatic carbocycles. The second kappa shape index (κ2) is 8.12. The van der Waals surface area contributed by atoms with Crippen LogP contribution in [-0.4, -0.2) is 48.4 Å². The lowest BCUT2D eigenvalue weighted by molar-refractivity contribution is -0.396. The molecule has 0 aliphatic carbocycles. The molecular formula is C15H14N4O9S. The predicted octanol–water partition coefficient (Wildman–Crippen LogP) is 0.145. The zero-order chi connectivity index (χ0) is 21.3. The molecule has 3 atom stereocenters. The van der Waals surface area contributed by atoms with Crippen LogP contribution in [0.1, 0.15) is 12.6 Å². The standard InChI is InChI=1S/C15H14N4O9S/c20-6-10-9(21)4-13(28-10)17-5-12(14(22)16-15(17)23)29-11-2-1-7(18(24)25)3-8(11)19(26)27/h1-3,5,9-10,13,20-21H,4,6H2,(H,16,22,23)/t9?,10-,13-/m0/s1. The largest absolute Gasteiger partial charge is 0.394 e. The molecule has 13 nitrogen and oxygen atoms in total. The molecule has 1 fully saturated rings. The molecule has 1 saturated heterocycles. The molecule has 3 rings (SSSR count). The van der Waals surface area contributed by atoms with Gasteiger partial charge in [-0.05, 0) is 6.07 Å². The summed E-state index contributed by atoms with van der Waals surface area (Å²) in [5.41, 5.74) is -2.70. The molecule has 1 aliphatic rings. The number of nitro benzene ring substituents is 2. The number of non-ortho nitro benzene ring substituents is 1. The van der Waals surface area contributed by atoms with Crippen molar-refractivity contribution in [2.45, 2.75) is 34.6 Å². The van der Waals surface area contributed by atoms with E-state index < -0.39 is 57.5 Å². The van der Waals surface area contributed by atoms with Crippen molar-refractivity contribution in [1.82, 2.24) is 9.55 Å². The van der Waals surface area contributed by atoms with Gasteiger partial charge in [-0.1, -0.05) is 11.8 Å². The number of aliphatic hydroxyl groups excluding tert-OH is 2. The summed E-state index contributed by atoms with van der Waals surface area (Å²) in [5, 5.41) is 41.1. The van der Waals surface area contributed by atoms with Crippen molar-refractivity contribution in [3.63, 3.8) is 0 Å². The summed E-state index contributed by atoms with van der Waals surface area (Å²) in [4.78, 5) is 46.7. The lowest BCUT2D eigenvalue weighted by atomic mass is 10.2. The number of hydrogen-bond donors (Lipinski definition) is 3. The zero-order valence-corrected chi connectivity index (χ0v) is 15.3. The molecule has 14 heteroatoms. The van der Waals surface area contributed by atoms with Crippen molar-refractivity contribution in [2.75, 3.05) is 6.61 Å². The molecule has 0 bridgehead atoms. The molecule has 154 valence electrons. The van der Waals surface area contributed by atoms with Crippen molar-refractivity contribution < 1.29 is 24.8 Å². The fraction of sp³-hybridized carbons (Fsp3) is 0.333. The summed E-state index contributed by atoms with van der Waals surface area (Å²) in [7, 11) is 0. The summed E-state index contributed by atoms with van der Waals surface area (Å²) < 4.78 is 6.39. The first-order chi connectivity index (χ1) is 13.7. The van der Waals surface area contributed by atoms with Crippen LogP contribution in [-0.2, 0) is 4.74 Å². The molecule has 0 amide bonds. The number of aromatic amines is 1. The molecule has 2 aromatic rings. The normalized spacial score (nSPS) is 21.2. The van der Waals surface area contributed by atoms with Crippen molar-refractivity contribution in [2.24, 2.45) is 0 Å². The maximum Gasteiger partial charge on any atom is 0.330 e. The Bertz CT molecular complexity index is 1080. The van der Waals surface area contributed by atoms with E-state index in [-0.39, 0.29) is 16.2 Å². The second-order valence-electron chi connectivity index (χ2n) is 6.04. The van der Waals surface area contributed by atoms with E-state index in [1.54, 1.807) is 0 Å². The lowest BCUT2D eigenvalue weighted by Gasteiger charge is -2.15. The van der Waals surface area contributed by atoms with Crippen LogP contribution in [0.3, 0.4) is 0 Å². The van der Waals surface area contributed by atoms with E-state index in [4.69, 9.17) is 9.84 Å².